The third kappa shape index (κ3) is 9.61. The van der Waals surface area contributed by atoms with Gasteiger partial charge in [0.1, 0.15) is 11.7 Å². The third-order valence-corrected chi connectivity index (χ3v) is 16.6. The van der Waals surface area contributed by atoms with Crippen molar-refractivity contribution < 1.29 is 16.8 Å². The van der Waals surface area contributed by atoms with Crippen LogP contribution in [0.5, 0.6) is 0 Å². The quantitative estimate of drug-likeness (QED) is 0.140. The molecule has 4 N–H and O–H groups in total. The molecular formula is C48H56N12O6S2. The molecule has 4 aliphatic heterocycles. The number of aromatic amines is 2. The zero-order valence-electron chi connectivity index (χ0n) is 38.8. The van der Waals surface area contributed by atoms with E-state index < -0.39 is 20.0 Å². The van der Waals surface area contributed by atoms with Crippen molar-refractivity contribution in [2.24, 2.45) is 9.98 Å². The fourth-order valence-electron chi connectivity index (χ4n) is 8.89. The van der Waals surface area contributed by atoms with Gasteiger partial charge in [-0.15, -0.1) is 0 Å². The number of piperazine rings is 1. The molecule has 0 unspecified atom stereocenters. The van der Waals surface area contributed by atoms with Crippen LogP contribution in [0.2, 0.25) is 0 Å². The van der Waals surface area contributed by atoms with Gasteiger partial charge >= 0.3 is 0 Å². The van der Waals surface area contributed by atoms with E-state index in [0.29, 0.717) is 114 Å². The number of nitrogens with one attached hydrogen (secondary N) is 4. The molecule has 0 bridgehead atoms. The van der Waals surface area contributed by atoms with E-state index in [9.17, 15) is 26.4 Å². The molecule has 10 rings (SSSR count). The minimum Gasteiger partial charge on any atom is -0.342 e. The Morgan fingerprint density at radius 3 is 1.47 bits per heavy atom. The molecule has 4 aliphatic rings. The summed E-state index contributed by atoms with van der Waals surface area (Å²) in [5.41, 5.74) is 3.32. The fourth-order valence-corrected chi connectivity index (χ4v) is 11.8. The maximum absolute atomic E-state index is 13.2. The standard InChI is InChI=1S/2C24H28N6O3S/c1-24(2,3)16-7-9-17(10-8-16)34(32,33)30-13-11-29(12-14-30)15-20-25-19-6-4-5-18-21(19)22(26-20)27-28-23(18)31;1-16(2)17-7-9-18(10-8-17)34(32,33)30-12-4-11-29(13-14-30)15-21-25-20-6-3-5-19-22(20)23(26-21)27-28-24(19)31/h4-10H,11-15H2,1-3H3,(H,28,31)(H,25,26,27);3,5-10,16H,4,11-15H2,1-2H3,(H,28,31)(H,25,26,27). The molecule has 0 amide bonds. The molecule has 18 nitrogen and oxygen atoms in total. The maximum atomic E-state index is 13.2. The van der Waals surface area contributed by atoms with Crippen LogP contribution in [0.3, 0.4) is 0 Å². The Bertz CT molecular complexity index is 3280. The van der Waals surface area contributed by atoms with E-state index in [1.54, 1.807) is 45.0 Å². The lowest BCUT2D eigenvalue weighted by atomic mass is 9.87. The van der Waals surface area contributed by atoms with Gasteiger partial charge in [-0.05, 0) is 84.0 Å². The monoisotopic (exact) mass is 960 g/mol. The van der Waals surface area contributed by atoms with Gasteiger partial charge in [0, 0.05) is 45.8 Å². The Balaban J connectivity index is 0.000000170. The van der Waals surface area contributed by atoms with Crippen molar-refractivity contribution in [3.05, 3.63) is 117 Å². The summed E-state index contributed by atoms with van der Waals surface area (Å²) in [7, 11) is -7.07. The van der Waals surface area contributed by atoms with Crippen molar-refractivity contribution in [1.82, 2.24) is 38.8 Å². The molecule has 0 spiro atoms. The smallest absolute Gasteiger partial charge is 0.272 e. The van der Waals surface area contributed by atoms with Crippen molar-refractivity contribution in [3.8, 4) is 0 Å². The second-order valence-corrected chi connectivity index (χ2v) is 22.7. The summed E-state index contributed by atoms with van der Waals surface area (Å²) in [6.07, 6.45) is 0.730. The second-order valence-electron chi connectivity index (χ2n) is 18.8. The molecule has 2 fully saturated rings. The highest BCUT2D eigenvalue weighted by Crippen LogP contribution is 2.34. The number of aromatic nitrogens is 4. The average molecular weight is 961 g/mol. The Morgan fingerprint density at radius 1 is 0.574 bits per heavy atom. The number of H-pyrrole nitrogens is 2. The van der Waals surface area contributed by atoms with Gasteiger partial charge in [0.2, 0.25) is 20.0 Å². The number of amidine groups is 2. The molecule has 6 heterocycles. The van der Waals surface area contributed by atoms with Crippen molar-refractivity contribution >= 4 is 76.3 Å². The van der Waals surface area contributed by atoms with Crippen LogP contribution in [0.1, 0.15) is 58.1 Å². The zero-order chi connectivity index (χ0) is 48.0. The van der Waals surface area contributed by atoms with Gasteiger partial charge in [0.25, 0.3) is 11.1 Å². The molecular weight excluding hydrogens is 905 g/mol. The number of nitrogens with zero attached hydrogens (tertiary/aromatic N) is 8. The first kappa shape index (κ1) is 46.9. The third-order valence-electron chi connectivity index (χ3n) is 12.8. The van der Waals surface area contributed by atoms with Crippen LogP contribution in [0, 0.1) is 0 Å². The second kappa shape index (κ2) is 18.7. The van der Waals surface area contributed by atoms with E-state index in [4.69, 9.17) is 0 Å². The highest BCUT2D eigenvalue weighted by atomic mass is 32.2. The molecule has 6 aromatic rings. The van der Waals surface area contributed by atoms with Crippen LogP contribution in [-0.2, 0) is 25.5 Å². The number of sulfonamides is 2. The topological polar surface area (TPSA) is 222 Å². The molecule has 2 aromatic heterocycles. The molecule has 0 saturated carbocycles. The number of hydrogen-bond donors (Lipinski definition) is 4. The maximum Gasteiger partial charge on any atom is 0.272 e. The van der Waals surface area contributed by atoms with Gasteiger partial charge in [0.15, 0.2) is 11.6 Å². The van der Waals surface area contributed by atoms with Gasteiger partial charge in [-0.3, -0.25) is 19.4 Å². The van der Waals surface area contributed by atoms with Crippen molar-refractivity contribution in [2.75, 3.05) is 76.1 Å². The zero-order valence-corrected chi connectivity index (χ0v) is 40.4. The predicted octanol–water partition coefficient (Wildman–Crippen LogP) is 5.58. The molecule has 0 aliphatic carbocycles. The van der Waals surface area contributed by atoms with Gasteiger partial charge in [-0.2, -0.15) is 18.8 Å². The number of aliphatic imine (C=N–C) groups is 2. The van der Waals surface area contributed by atoms with Crippen LogP contribution >= 0.6 is 0 Å². The first-order valence-corrected chi connectivity index (χ1v) is 25.7. The first-order valence-electron chi connectivity index (χ1n) is 22.8. The largest absolute Gasteiger partial charge is 0.342 e. The van der Waals surface area contributed by atoms with Crippen molar-refractivity contribution in [3.63, 3.8) is 0 Å². The molecule has 2 saturated heterocycles. The van der Waals surface area contributed by atoms with Crippen molar-refractivity contribution in [2.45, 2.75) is 62.2 Å². The number of anilines is 2. The minimum absolute atomic E-state index is 0.0271. The summed E-state index contributed by atoms with van der Waals surface area (Å²) in [4.78, 5) is 38.3. The Kier molecular flexibility index (Phi) is 12.9. The van der Waals surface area contributed by atoms with E-state index in [1.807, 2.05) is 48.5 Å². The van der Waals surface area contributed by atoms with E-state index in [0.717, 1.165) is 41.3 Å². The highest BCUT2D eigenvalue weighted by molar-refractivity contribution is 7.89. The highest BCUT2D eigenvalue weighted by Gasteiger charge is 2.31. The van der Waals surface area contributed by atoms with Crippen LogP contribution < -0.4 is 21.8 Å². The van der Waals surface area contributed by atoms with Crippen LogP contribution in [-0.4, -0.2) is 133 Å². The predicted molar refractivity (Wildman–Crippen MR) is 267 cm³/mol. The Labute approximate surface area is 395 Å². The minimum atomic E-state index is -3.54. The summed E-state index contributed by atoms with van der Waals surface area (Å²) >= 11 is 0. The van der Waals surface area contributed by atoms with E-state index in [1.165, 1.54) is 0 Å². The summed E-state index contributed by atoms with van der Waals surface area (Å²) in [6, 6.07) is 25.4. The summed E-state index contributed by atoms with van der Waals surface area (Å²) in [5, 5.41) is 22.4. The van der Waals surface area contributed by atoms with Gasteiger partial charge < -0.3 is 10.6 Å². The van der Waals surface area contributed by atoms with E-state index >= 15 is 0 Å². The lowest BCUT2D eigenvalue weighted by molar-refractivity contribution is 0.209. The average Bonchev–Trinajstić information content (AvgIpc) is 3.57. The summed E-state index contributed by atoms with van der Waals surface area (Å²) in [5.74, 6) is 2.77. The number of hydrogen-bond acceptors (Lipinski definition) is 14. The molecule has 0 atom stereocenters. The van der Waals surface area contributed by atoms with Gasteiger partial charge in [0.05, 0.1) is 55.8 Å². The fraction of sp³-hybridized carbons (Fsp3) is 0.375. The Morgan fingerprint density at radius 2 is 1.01 bits per heavy atom. The first-order chi connectivity index (χ1) is 32.4. The molecule has 20 heteroatoms. The molecule has 68 heavy (non-hydrogen) atoms. The molecule has 356 valence electrons. The van der Waals surface area contributed by atoms with Crippen LogP contribution in [0.4, 0.5) is 23.0 Å². The van der Waals surface area contributed by atoms with E-state index in [2.05, 4.69) is 85.4 Å². The lowest BCUT2D eigenvalue weighted by Gasteiger charge is -2.34. The van der Waals surface area contributed by atoms with Crippen molar-refractivity contribution in [1.29, 1.82) is 0 Å². The summed E-state index contributed by atoms with van der Waals surface area (Å²) < 4.78 is 55.9. The SMILES string of the molecule is CC(C)(C)c1ccc(S(=O)(=O)N2CCN(CC3=Nc4n[nH]c(=O)c5cccc(c45)N3)CC2)cc1.CC(C)c1ccc(S(=O)(=O)N2CCCN(CC3=Nc4n[nH]c(=O)c5cccc(c45)N3)CC2)cc1. The Hall–Kier alpha value is -6.16. The van der Waals surface area contributed by atoms with Gasteiger partial charge in [-0.25, -0.2) is 37.0 Å². The number of rotatable bonds is 9. The van der Waals surface area contributed by atoms with Crippen LogP contribution in [0.15, 0.2) is 114 Å². The normalized spacial score (nSPS) is 17.4. The lowest BCUT2D eigenvalue weighted by Crippen LogP contribution is -2.50. The summed E-state index contributed by atoms with van der Waals surface area (Å²) in [6.45, 7) is 15.8. The van der Waals surface area contributed by atoms with Crippen LogP contribution in [0.25, 0.3) is 21.5 Å². The van der Waals surface area contributed by atoms with E-state index in [-0.39, 0.29) is 16.5 Å². The van der Waals surface area contributed by atoms with Gasteiger partial charge in [-0.1, -0.05) is 71.0 Å². The molecule has 0 radical (unpaired) electrons. The molecule has 4 aromatic carbocycles. The number of benzene rings is 4.